The van der Waals surface area contributed by atoms with Crippen molar-refractivity contribution in [2.75, 3.05) is 17.6 Å². The number of carbonyl (C=O) groups excluding carboxylic acids is 2. The summed E-state index contributed by atoms with van der Waals surface area (Å²) in [6.45, 7) is 1.21. The van der Waals surface area contributed by atoms with Crippen LogP contribution in [0.15, 0.2) is 58.1 Å². The van der Waals surface area contributed by atoms with Crippen LogP contribution in [0.2, 0.25) is 0 Å². The second kappa shape index (κ2) is 9.29. The third kappa shape index (κ3) is 4.43. The quantitative estimate of drug-likeness (QED) is 0.450. The molecule has 0 saturated heterocycles. The number of carbonyl (C=O) groups is 2. The fourth-order valence-corrected chi connectivity index (χ4v) is 3.30. The highest BCUT2D eigenvalue weighted by molar-refractivity contribution is 6.03. The number of nitrogens with two attached hydrogens (primary N) is 2. The van der Waals surface area contributed by atoms with Crippen molar-refractivity contribution in [3.05, 3.63) is 91.9 Å². The molecule has 0 aliphatic heterocycles. The summed E-state index contributed by atoms with van der Waals surface area (Å²) in [5, 5.41) is 2.79. The summed E-state index contributed by atoms with van der Waals surface area (Å²) in [5.74, 6) is -2.07. The highest BCUT2D eigenvalue weighted by atomic mass is 19.1. The molecule has 1 amide bonds. The van der Waals surface area contributed by atoms with Gasteiger partial charge in [0.15, 0.2) is 5.78 Å². The third-order valence-electron chi connectivity index (χ3n) is 4.95. The van der Waals surface area contributed by atoms with E-state index >= 15 is 0 Å². The zero-order valence-electron chi connectivity index (χ0n) is 17.3. The standard InChI is InChI=1S/C22H22FN5O4/c1-2-27-21(31)18(17(29)11-26-16-6-4-3-5-15(16)20(25)30)19(24)28(22(27)32)12-13-7-9-14(23)10-8-13/h3-10,26H,2,11-12,24H2,1H3,(H2,25,30). The largest absolute Gasteiger partial charge is 0.384 e. The van der Waals surface area contributed by atoms with Gasteiger partial charge in [-0.1, -0.05) is 24.3 Å². The van der Waals surface area contributed by atoms with E-state index in [1.54, 1.807) is 25.1 Å². The summed E-state index contributed by atoms with van der Waals surface area (Å²) in [6, 6.07) is 11.8. The summed E-state index contributed by atoms with van der Waals surface area (Å²) >= 11 is 0. The van der Waals surface area contributed by atoms with Crippen molar-refractivity contribution < 1.29 is 14.0 Å². The molecule has 9 nitrogen and oxygen atoms in total. The molecule has 2 aromatic carbocycles. The zero-order valence-corrected chi connectivity index (χ0v) is 17.3. The van der Waals surface area contributed by atoms with Crippen LogP contribution in [0.4, 0.5) is 15.9 Å². The number of benzene rings is 2. The molecular formula is C22H22FN5O4. The Morgan fingerprint density at radius 2 is 1.69 bits per heavy atom. The molecule has 0 atom stereocenters. The lowest BCUT2D eigenvalue weighted by molar-refractivity contribution is 0.0990. The number of halogens is 1. The average molecular weight is 439 g/mol. The lowest BCUT2D eigenvalue weighted by Gasteiger charge is -2.16. The summed E-state index contributed by atoms with van der Waals surface area (Å²) in [7, 11) is 0. The van der Waals surface area contributed by atoms with Gasteiger partial charge in [0.25, 0.3) is 11.5 Å². The number of aromatic nitrogens is 2. The molecule has 3 aromatic rings. The molecule has 0 fully saturated rings. The van der Waals surface area contributed by atoms with E-state index < -0.39 is 28.8 Å². The highest BCUT2D eigenvalue weighted by Gasteiger charge is 2.22. The Labute approximate surface area is 182 Å². The van der Waals surface area contributed by atoms with E-state index in [1.807, 2.05) is 0 Å². The van der Waals surface area contributed by atoms with Gasteiger partial charge in [0.1, 0.15) is 17.2 Å². The number of para-hydroxylation sites is 1. The van der Waals surface area contributed by atoms with Crippen LogP contribution < -0.4 is 28.0 Å². The van der Waals surface area contributed by atoms with Gasteiger partial charge in [0, 0.05) is 12.2 Å². The molecule has 0 spiro atoms. The number of Topliss-reactive ketones (excluding diaryl/α,β-unsaturated/α-hetero) is 1. The molecule has 32 heavy (non-hydrogen) atoms. The molecule has 0 aliphatic rings. The third-order valence-corrected chi connectivity index (χ3v) is 4.95. The van der Waals surface area contributed by atoms with E-state index in [1.165, 1.54) is 30.3 Å². The lowest BCUT2D eigenvalue weighted by atomic mass is 10.1. The van der Waals surface area contributed by atoms with E-state index in [0.29, 0.717) is 11.3 Å². The van der Waals surface area contributed by atoms with Crippen LogP contribution in [0.3, 0.4) is 0 Å². The number of nitrogens with one attached hydrogen (secondary N) is 1. The Bertz CT molecular complexity index is 1300. The molecular weight excluding hydrogens is 417 g/mol. The second-order valence-electron chi connectivity index (χ2n) is 6.99. The normalized spacial score (nSPS) is 10.7. The maximum absolute atomic E-state index is 13.2. The first kappa shape index (κ1) is 22.5. The first-order valence-corrected chi connectivity index (χ1v) is 9.78. The molecule has 0 saturated carbocycles. The van der Waals surface area contributed by atoms with Gasteiger partial charge in [0.2, 0.25) is 0 Å². The van der Waals surface area contributed by atoms with Crippen LogP contribution in [0.5, 0.6) is 0 Å². The first-order valence-electron chi connectivity index (χ1n) is 9.78. The highest BCUT2D eigenvalue weighted by Crippen LogP contribution is 2.15. The van der Waals surface area contributed by atoms with Crippen molar-refractivity contribution in [1.82, 2.24) is 9.13 Å². The molecule has 0 bridgehead atoms. The van der Waals surface area contributed by atoms with Gasteiger partial charge in [-0.25, -0.2) is 9.18 Å². The molecule has 0 unspecified atom stereocenters. The van der Waals surface area contributed by atoms with Gasteiger partial charge in [0.05, 0.1) is 18.7 Å². The topological polar surface area (TPSA) is 142 Å². The number of nitrogen functional groups attached to an aromatic ring is 1. The van der Waals surface area contributed by atoms with Crippen molar-refractivity contribution >= 4 is 23.2 Å². The number of ketones is 1. The first-order chi connectivity index (χ1) is 15.2. The Hall–Kier alpha value is -4.21. The smallest absolute Gasteiger partial charge is 0.332 e. The minimum atomic E-state index is -0.805. The minimum Gasteiger partial charge on any atom is -0.384 e. The van der Waals surface area contributed by atoms with Crippen LogP contribution in [-0.2, 0) is 13.1 Å². The molecule has 10 heteroatoms. The summed E-state index contributed by atoms with van der Waals surface area (Å²) < 4.78 is 15.2. The van der Waals surface area contributed by atoms with E-state index in [4.69, 9.17) is 11.5 Å². The van der Waals surface area contributed by atoms with E-state index in [9.17, 15) is 23.6 Å². The number of hydrogen-bond donors (Lipinski definition) is 3. The number of hydrogen-bond acceptors (Lipinski definition) is 6. The molecule has 166 valence electrons. The fraction of sp³-hybridized carbons (Fsp3) is 0.182. The zero-order chi connectivity index (χ0) is 23.4. The van der Waals surface area contributed by atoms with E-state index in [-0.39, 0.29) is 36.6 Å². The molecule has 5 N–H and O–H groups in total. The van der Waals surface area contributed by atoms with E-state index in [0.717, 1.165) is 9.13 Å². The van der Waals surface area contributed by atoms with Crippen LogP contribution >= 0.6 is 0 Å². The predicted molar refractivity (Wildman–Crippen MR) is 118 cm³/mol. The molecule has 0 radical (unpaired) electrons. The molecule has 3 rings (SSSR count). The summed E-state index contributed by atoms with van der Waals surface area (Å²) in [6.07, 6.45) is 0. The van der Waals surface area contributed by atoms with Crippen molar-refractivity contribution in [3.63, 3.8) is 0 Å². The Morgan fingerprint density at radius 3 is 2.31 bits per heavy atom. The number of rotatable bonds is 8. The monoisotopic (exact) mass is 439 g/mol. The Kier molecular flexibility index (Phi) is 6.53. The van der Waals surface area contributed by atoms with Crippen molar-refractivity contribution in [2.45, 2.75) is 20.0 Å². The predicted octanol–water partition coefficient (Wildman–Crippen LogP) is 1.19. The van der Waals surface area contributed by atoms with Crippen molar-refractivity contribution in [2.24, 2.45) is 5.73 Å². The summed E-state index contributed by atoms with van der Waals surface area (Å²) in [5.41, 5.74) is 10.7. The van der Waals surface area contributed by atoms with Gasteiger partial charge in [-0.05, 0) is 36.8 Å². The number of primary amides is 1. The number of nitrogens with zero attached hydrogens (tertiary/aromatic N) is 2. The van der Waals surface area contributed by atoms with Crippen LogP contribution in [0, 0.1) is 5.82 Å². The molecule has 1 aromatic heterocycles. The number of anilines is 2. The van der Waals surface area contributed by atoms with Crippen LogP contribution in [0.1, 0.15) is 33.2 Å². The van der Waals surface area contributed by atoms with Gasteiger partial charge < -0.3 is 16.8 Å². The van der Waals surface area contributed by atoms with E-state index in [2.05, 4.69) is 5.32 Å². The van der Waals surface area contributed by atoms with Gasteiger partial charge in [-0.2, -0.15) is 0 Å². The van der Waals surface area contributed by atoms with Gasteiger partial charge in [-0.15, -0.1) is 0 Å². The maximum Gasteiger partial charge on any atom is 0.332 e. The Balaban J connectivity index is 1.99. The fourth-order valence-electron chi connectivity index (χ4n) is 3.30. The van der Waals surface area contributed by atoms with Gasteiger partial charge >= 0.3 is 5.69 Å². The maximum atomic E-state index is 13.2. The average Bonchev–Trinajstić information content (AvgIpc) is 2.77. The molecule has 1 heterocycles. The molecule has 0 aliphatic carbocycles. The van der Waals surface area contributed by atoms with Crippen molar-refractivity contribution in [3.8, 4) is 0 Å². The lowest BCUT2D eigenvalue weighted by Crippen LogP contribution is -2.44. The summed E-state index contributed by atoms with van der Waals surface area (Å²) in [4.78, 5) is 50.1. The Morgan fingerprint density at radius 1 is 1.03 bits per heavy atom. The minimum absolute atomic E-state index is 0.0274. The van der Waals surface area contributed by atoms with Crippen LogP contribution in [0.25, 0.3) is 0 Å². The number of amides is 1. The second-order valence-corrected chi connectivity index (χ2v) is 6.99. The van der Waals surface area contributed by atoms with Crippen LogP contribution in [-0.4, -0.2) is 27.4 Å². The van der Waals surface area contributed by atoms with Crippen molar-refractivity contribution in [1.29, 1.82) is 0 Å². The van der Waals surface area contributed by atoms with Gasteiger partial charge in [-0.3, -0.25) is 23.5 Å². The SMILES string of the molecule is CCn1c(=O)c(C(=O)CNc2ccccc2C(N)=O)c(N)n(Cc2ccc(F)cc2)c1=O.